The minimum absolute atomic E-state index is 0.100. The molecule has 2 amide bonds. The summed E-state index contributed by atoms with van der Waals surface area (Å²) >= 11 is 6.02. The van der Waals surface area contributed by atoms with Crippen molar-refractivity contribution in [3.05, 3.63) is 28.8 Å². The Morgan fingerprint density at radius 2 is 2.24 bits per heavy atom. The highest BCUT2D eigenvalue weighted by molar-refractivity contribution is 6.34. The Labute approximate surface area is 128 Å². The van der Waals surface area contributed by atoms with E-state index in [-0.39, 0.29) is 24.3 Å². The van der Waals surface area contributed by atoms with Crippen LogP contribution in [-0.4, -0.2) is 41.5 Å². The van der Waals surface area contributed by atoms with E-state index in [2.05, 4.69) is 5.32 Å². The lowest BCUT2D eigenvalue weighted by Gasteiger charge is -2.31. The summed E-state index contributed by atoms with van der Waals surface area (Å²) < 4.78 is 0. The Hall–Kier alpha value is -1.59. The van der Waals surface area contributed by atoms with Gasteiger partial charge in [-0.3, -0.25) is 4.79 Å². The van der Waals surface area contributed by atoms with Gasteiger partial charge in [0, 0.05) is 30.9 Å². The highest BCUT2D eigenvalue weighted by Crippen LogP contribution is 2.22. The predicted molar refractivity (Wildman–Crippen MR) is 81.9 cm³/mol. The number of carbonyl (C=O) groups excluding carboxylic acids is 2. The normalized spacial score (nSPS) is 18.4. The molecule has 2 rings (SSSR count). The first-order valence-electron chi connectivity index (χ1n) is 6.98. The lowest BCUT2D eigenvalue weighted by atomic mass is 9.99. The number of anilines is 1. The molecule has 1 aliphatic rings. The standard InChI is InChI=1S/C15H19ClN2O3/c1-10(20)13-5-4-12(7-14(13)16)17-15(21)18-6-2-3-11(8-18)9-19/h4-5,7,11,19H,2-3,6,8-9H2,1H3,(H,17,21)/t11-/m1/s1. The fourth-order valence-corrected chi connectivity index (χ4v) is 2.79. The number of amides is 2. The van der Waals surface area contributed by atoms with Gasteiger partial charge in [-0.05, 0) is 43.9 Å². The van der Waals surface area contributed by atoms with Crippen LogP contribution in [-0.2, 0) is 0 Å². The maximum Gasteiger partial charge on any atom is 0.321 e. The van der Waals surface area contributed by atoms with Crippen molar-refractivity contribution in [1.29, 1.82) is 0 Å². The van der Waals surface area contributed by atoms with Crippen molar-refractivity contribution in [2.75, 3.05) is 25.0 Å². The van der Waals surface area contributed by atoms with Crippen LogP contribution in [0.25, 0.3) is 0 Å². The number of halogens is 1. The molecule has 0 bridgehead atoms. The summed E-state index contributed by atoms with van der Waals surface area (Å²) in [5.74, 6) is 0.0351. The van der Waals surface area contributed by atoms with E-state index in [4.69, 9.17) is 11.6 Å². The second kappa shape index (κ2) is 6.91. The van der Waals surface area contributed by atoms with Gasteiger partial charge in [0.05, 0.1) is 5.02 Å². The molecule has 1 fully saturated rings. The quantitative estimate of drug-likeness (QED) is 0.843. The maximum atomic E-state index is 12.2. The molecule has 0 saturated carbocycles. The highest BCUT2D eigenvalue weighted by atomic mass is 35.5. The number of ketones is 1. The van der Waals surface area contributed by atoms with Gasteiger partial charge in [-0.15, -0.1) is 0 Å². The lowest BCUT2D eigenvalue weighted by Crippen LogP contribution is -2.43. The van der Waals surface area contributed by atoms with E-state index in [1.54, 1.807) is 23.1 Å². The van der Waals surface area contributed by atoms with Gasteiger partial charge in [-0.1, -0.05) is 11.6 Å². The van der Waals surface area contributed by atoms with Gasteiger partial charge in [0.2, 0.25) is 0 Å². The van der Waals surface area contributed by atoms with E-state index in [0.717, 1.165) is 12.8 Å². The van der Waals surface area contributed by atoms with Crippen molar-refractivity contribution in [1.82, 2.24) is 4.90 Å². The first-order chi connectivity index (χ1) is 10.0. The number of carbonyl (C=O) groups is 2. The highest BCUT2D eigenvalue weighted by Gasteiger charge is 2.23. The number of aliphatic hydroxyl groups is 1. The summed E-state index contributed by atoms with van der Waals surface area (Å²) in [7, 11) is 0. The van der Waals surface area contributed by atoms with Gasteiger partial charge in [0.25, 0.3) is 0 Å². The van der Waals surface area contributed by atoms with Crippen LogP contribution in [0.3, 0.4) is 0 Å². The van der Waals surface area contributed by atoms with Gasteiger partial charge < -0.3 is 15.3 Å². The summed E-state index contributed by atoms with van der Waals surface area (Å²) in [6.07, 6.45) is 1.84. The number of benzene rings is 1. The number of nitrogens with one attached hydrogen (secondary N) is 1. The van der Waals surface area contributed by atoms with Gasteiger partial charge in [0.15, 0.2) is 5.78 Å². The minimum atomic E-state index is -0.209. The molecule has 0 unspecified atom stereocenters. The summed E-state index contributed by atoms with van der Waals surface area (Å²) in [5, 5.41) is 12.3. The third-order valence-corrected chi connectivity index (χ3v) is 3.98. The summed E-state index contributed by atoms with van der Waals surface area (Å²) in [6.45, 7) is 2.79. The number of aliphatic hydroxyl groups excluding tert-OH is 1. The molecule has 0 spiro atoms. The lowest BCUT2D eigenvalue weighted by molar-refractivity contribution is 0.101. The molecule has 1 aliphatic heterocycles. The zero-order valence-electron chi connectivity index (χ0n) is 11.9. The van der Waals surface area contributed by atoms with Crippen molar-refractivity contribution in [2.24, 2.45) is 5.92 Å². The monoisotopic (exact) mass is 310 g/mol. The molecule has 1 atom stereocenters. The fraction of sp³-hybridized carbons (Fsp3) is 0.467. The summed E-state index contributed by atoms with van der Waals surface area (Å²) in [4.78, 5) is 25.2. The first-order valence-corrected chi connectivity index (χ1v) is 7.36. The maximum absolute atomic E-state index is 12.2. The zero-order valence-corrected chi connectivity index (χ0v) is 12.7. The van der Waals surface area contributed by atoms with Gasteiger partial charge in [-0.25, -0.2) is 4.79 Å². The Bertz CT molecular complexity index is 548. The van der Waals surface area contributed by atoms with Crippen molar-refractivity contribution in [3.8, 4) is 0 Å². The zero-order chi connectivity index (χ0) is 15.4. The molecule has 0 aromatic heterocycles. The largest absolute Gasteiger partial charge is 0.396 e. The molecule has 1 saturated heterocycles. The van der Waals surface area contributed by atoms with E-state index >= 15 is 0 Å². The van der Waals surface area contributed by atoms with Gasteiger partial charge >= 0.3 is 6.03 Å². The minimum Gasteiger partial charge on any atom is -0.396 e. The molecular weight excluding hydrogens is 292 g/mol. The Balaban J connectivity index is 2.02. The Morgan fingerprint density at radius 1 is 1.48 bits per heavy atom. The van der Waals surface area contributed by atoms with E-state index in [9.17, 15) is 14.7 Å². The van der Waals surface area contributed by atoms with Crippen molar-refractivity contribution >= 4 is 29.1 Å². The topological polar surface area (TPSA) is 69.6 Å². The fourth-order valence-electron chi connectivity index (χ4n) is 2.48. The van der Waals surface area contributed by atoms with Crippen LogP contribution in [0, 0.1) is 5.92 Å². The van der Waals surface area contributed by atoms with Crippen LogP contribution in [0.15, 0.2) is 18.2 Å². The first kappa shape index (κ1) is 15.8. The molecule has 1 aromatic carbocycles. The molecule has 21 heavy (non-hydrogen) atoms. The average molecular weight is 311 g/mol. The Morgan fingerprint density at radius 3 is 2.86 bits per heavy atom. The van der Waals surface area contributed by atoms with Crippen molar-refractivity contribution < 1.29 is 14.7 Å². The molecule has 5 nitrogen and oxygen atoms in total. The summed E-state index contributed by atoms with van der Waals surface area (Å²) in [6, 6.07) is 4.63. The second-order valence-electron chi connectivity index (χ2n) is 5.32. The van der Waals surface area contributed by atoms with Crippen molar-refractivity contribution in [3.63, 3.8) is 0 Å². The predicted octanol–water partition coefficient (Wildman–Crippen LogP) is 2.78. The number of Topliss-reactive ketones (excluding diaryl/α,β-unsaturated/α-hetero) is 1. The van der Waals surface area contributed by atoms with Crippen molar-refractivity contribution in [2.45, 2.75) is 19.8 Å². The van der Waals surface area contributed by atoms with Crippen LogP contribution >= 0.6 is 11.6 Å². The van der Waals surface area contributed by atoms with Crippen LogP contribution in [0.5, 0.6) is 0 Å². The molecule has 0 radical (unpaired) electrons. The van der Waals surface area contributed by atoms with Gasteiger partial charge in [-0.2, -0.15) is 0 Å². The molecule has 0 aliphatic carbocycles. The third-order valence-electron chi connectivity index (χ3n) is 3.66. The molecule has 1 aromatic rings. The number of urea groups is 1. The van der Waals surface area contributed by atoms with Gasteiger partial charge in [0.1, 0.15) is 0 Å². The van der Waals surface area contributed by atoms with E-state index < -0.39 is 0 Å². The number of likely N-dealkylation sites (tertiary alicyclic amines) is 1. The number of nitrogens with zero attached hydrogens (tertiary/aromatic N) is 1. The third kappa shape index (κ3) is 3.95. The number of hydrogen-bond acceptors (Lipinski definition) is 3. The second-order valence-corrected chi connectivity index (χ2v) is 5.73. The number of piperidine rings is 1. The van der Waals surface area contributed by atoms with E-state index in [0.29, 0.717) is 29.4 Å². The average Bonchev–Trinajstić information content (AvgIpc) is 2.47. The SMILES string of the molecule is CC(=O)c1ccc(NC(=O)N2CCC[C@@H](CO)C2)cc1Cl. The molecule has 1 heterocycles. The number of rotatable bonds is 3. The number of hydrogen-bond donors (Lipinski definition) is 2. The van der Waals surface area contributed by atoms with E-state index in [1.165, 1.54) is 6.92 Å². The molecular formula is C15H19ClN2O3. The molecule has 114 valence electrons. The van der Waals surface area contributed by atoms with Crippen LogP contribution in [0.2, 0.25) is 5.02 Å². The van der Waals surface area contributed by atoms with Crippen LogP contribution in [0.4, 0.5) is 10.5 Å². The molecule has 2 N–H and O–H groups in total. The summed E-state index contributed by atoms with van der Waals surface area (Å²) in [5.41, 5.74) is 0.995. The van der Waals surface area contributed by atoms with Crippen LogP contribution in [0.1, 0.15) is 30.1 Å². The smallest absolute Gasteiger partial charge is 0.321 e. The van der Waals surface area contributed by atoms with E-state index in [1.807, 2.05) is 0 Å². The molecule has 6 heteroatoms. The Kier molecular flexibility index (Phi) is 5.20. The van der Waals surface area contributed by atoms with Crippen LogP contribution < -0.4 is 5.32 Å².